The molecule has 0 aromatic rings. The monoisotopic (exact) mass is 196 g/mol. The van der Waals surface area contributed by atoms with Crippen molar-refractivity contribution in [3.63, 3.8) is 0 Å². The van der Waals surface area contributed by atoms with Gasteiger partial charge < -0.3 is 4.90 Å². The van der Waals surface area contributed by atoms with E-state index in [2.05, 4.69) is 29.2 Å². The van der Waals surface area contributed by atoms with Gasteiger partial charge in [0.05, 0.1) is 6.04 Å². The summed E-state index contributed by atoms with van der Waals surface area (Å²) in [6.07, 6.45) is 3.67. The average molecular weight is 196 g/mol. The predicted molar refractivity (Wildman–Crippen MR) is 57.8 cm³/mol. The van der Waals surface area contributed by atoms with Crippen LogP contribution in [0, 0.1) is 5.41 Å². The Hall–Kier alpha value is -0.770. The van der Waals surface area contributed by atoms with Gasteiger partial charge in [0, 0.05) is 13.1 Å². The van der Waals surface area contributed by atoms with Crippen molar-refractivity contribution >= 4 is 5.96 Å². The molecule has 2 rings (SSSR count). The van der Waals surface area contributed by atoms with Gasteiger partial charge in [0.25, 0.3) is 0 Å². The molecular weight excluding hydrogens is 176 g/mol. The number of nitrogens with one attached hydrogen (secondary N) is 1. The molecule has 4 nitrogen and oxygen atoms in total. The molecule has 2 fully saturated rings. The fourth-order valence-corrected chi connectivity index (χ4v) is 1.88. The number of rotatable bonds is 1. The smallest absolute Gasteiger partial charge is 0.208 e. The second kappa shape index (κ2) is 3.42. The standard InChI is InChI=1S/C10H20N4/c1-10(2)5-6-14(7-10)9(13-11)12-8-3-4-8/h8H,3-7,11H2,1-2H3,(H,12,13). The summed E-state index contributed by atoms with van der Waals surface area (Å²) in [5, 5.41) is 0. The van der Waals surface area contributed by atoms with E-state index in [1.807, 2.05) is 0 Å². The maximum Gasteiger partial charge on any atom is 0.208 e. The van der Waals surface area contributed by atoms with Crippen LogP contribution >= 0.6 is 0 Å². The van der Waals surface area contributed by atoms with E-state index in [9.17, 15) is 0 Å². The first-order chi connectivity index (χ1) is 6.61. The lowest BCUT2D eigenvalue weighted by molar-refractivity contribution is 0.370. The number of hydrogen-bond acceptors (Lipinski definition) is 2. The number of guanidine groups is 1. The SMILES string of the molecule is CC1(C)CCN(C(=NC2CC2)NN)C1. The van der Waals surface area contributed by atoms with Crippen LogP contribution in [0.5, 0.6) is 0 Å². The fraction of sp³-hybridized carbons (Fsp3) is 0.900. The van der Waals surface area contributed by atoms with Crippen molar-refractivity contribution in [2.75, 3.05) is 13.1 Å². The zero-order valence-corrected chi connectivity index (χ0v) is 9.08. The Morgan fingerprint density at radius 1 is 1.50 bits per heavy atom. The molecular formula is C10H20N4. The third kappa shape index (κ3) is 2.18. The molecule has 1 saturated carbocycles. The van der Waals surface area contributed by atoms with Crippen molar-refractivity contribution in [2.45, 2.75) is 39.2 Å². The summed E-state index contributed by atoms with van der Waals surface area (Å²) < 4.78 is 0. The van der Waals surface area contributed by atoms with Crippen molar-refractivity contribution in [1.82, 2.24) is 10.3 Å². The molecule has 0 spiro atoms. The number of hydrazine groups is 1. The third-order valence-corrected chi connectivity index (χ3v) is 2.96. The molecule has 0 atom stereocenters. The van der Waals surface area contributed by atoms with Gasteiger partial charge in [0.1, 0.15) is 0 Å². The molecule has 0 aromatic heterocycles. The van der Waals surface area contributed by atoms with Crippen molar-refractivity contribution in [3.05, 3.63) is 0 Å². The van der Waals surface area contributed by atoms with E-state index in [4.69, 9.17) is 5.84 Å². The van der Waals surface area contributed by atoms with Crippen LogP contribution in [0.4, 0.5) is 0 Å². The van der Waals surface area contributed by atoms with Gasteiger partial charge in [-0.1, -0.05) is 13.8 Å². The molecule has 0 radical (unpaired) electrons. The Labute approximate surface area is 85.5 Å². The minimum absolute atomic E-state index is 0.404. The lowest BCUT2D eigenvalue weighted by Crippen LogP contribution is -2.44. The van der Waals surface area contributed by atoms with Gasteiger partial charge in [0.15, 0.2) is 0 Å². The number of likely N-dealkylation sites (tertiary alicyclic amines) is 1. The van der Waals surface area contributed by atoms with E-state index in [0.29, 0.717) is 11.5 Å². The molecule has 1 aliphatic carbocycles. The molecule has 1 heterocycles. The quantitative estimate of drug-likeness (QED) is 0.281. The summed E-state index contributed by atoms with van der Waals surface area (Å²) in [6, 6.07) is 0.532. The first-order valence-electron chi connectivity index (χ1n) is 5.40. The van der Waals surface area contributed by atoms with Crippen molar-refractivity contribution in [3.8, 4) is 0 Å². The third-order valence-electron chi connectivity index (χ3n) is 2.96. The molecule has 4 heteroatoms. The summed E-state index contributed by atoms with van der Waals surface area (Å²) in [5.74, 6) is 6.38. The molecule has 80 valence electrons. The maximum atomic E-state index is 5.49. The highest BCUT2D eigenvalue weighted by Gasteiger charge is 2.32. The van der Waals surface area contributed by atoms with Gasteiger partial charge in [-0.2, -0.15) is 0 Å². The highest BCUT2D eigenvalue weighted by molar-refractivity contribution is 5.80. The van der Waals surface area contributed by atoms with Crippen LogP contribution in [-0.4, -0.2) is 30.0 Å². The zero-order chi connectivity index (χ0) is 10.2. The minimum atomic E-state index is 0.404. The summed E-state index contributed by atoms with van der Waals surface area (Å²) in [7, 11) is 0. The number of aliphatic imine (C=N–C) groups is 1. The number of nitrogens with zero attached hydrogens (tertiary/aromatic N) is 2. The highest BCUT2D eigenvalue weighted by atomic mass is 15.4. The van der Waals surface area contributed by atoms with Gasteiger partial charge >= 0.3 is 0 Å². The summed E-state index contributed by atoms with van der Waals surface area (Å²) in [4.78, 5) is 6.82. The largest absolute Gasteiger partial charge is 0.341 e. The Balaban J connectivity index is 1.99. The molecule has 2 aliphatic rings. The molecule has 1 saturated heterocycles. The van der Waals surface area contributed by atoms with Crippen LogP contribution in [0.3, 0.4) is 0 Å². The molecule has 14 heavy (non-hydrogen) atoms. The Bertz CT molecular complexity index is 243. The lowest BCUT2D eigenvalue weighted by Gasteiger charge is -2.22. The van der Waals surface area contributed by atoms with Gasteiger partial charge in [-0.05, 0) is 24.7 Å². The van der Waals surface area contributed by atoms with Crippen molar-refractivity contribution in [1.29, 1.82) is 0 Å². The summed E-state index contributed by atoms with van der Waals surface area (Å²) >= 11 is 0. The molecule has 0 unspecified atom stereocenters. The van der Waals surface area contributed by atoms with Crippen LogP contribution < -0.4 is 11.3 Å². The van der Waals surface area contributed by atoms with E-state index < -0.39 is 0 Å². The Morgan fingerprint density at radius 2 is 2.21 bits per heavy atom. The van der Waals surface area contributed by atoms with Crippen LogP contribution in [0.1, 0.15) is 33.1 Å². The van der Waals surface area contributed by atoms with E-state index in [1.54, 1.807) is 0 Å². The number of nitrogens with two attached hydrogens (primary N) is 1. The van der Waals surface area contributed by atoms with E-state index in [0.717, 1.165) is 19.0 Å². The van der Waals surface area contributed by atoms with Gasteiger partial charge in [-0.3, -0.25) is 5.43 Å². The normalized spacial score (nSPS) is 26.8. The predicted octanol–water partition coefficient (Wildman–Crippen LogP) is 0.700. The van der Waals surface area contributed by atoms with Crippen LogP contribution in [0.15, 0.2) is 4.99 Å². The van der Waals surface area contributed by atoms with Crippen molar-refractivity contribution < 1.29 is 0 Å². The molecule has 0 amide bonds. The highest BCUT2D eigenvalue weighted by Crippen LogP contribution is 2.30. The van der Waals surface area contributed by atoms with E-state index >= 15 is 0 Å². The van der Waals surface area contributed by atoms with Crippen LogP contribution in [0.2, 0.25) is 0 Å². The second-order valence-electron chi connectivity index (χ2n) is 5.16. The van der Waals surface area contributed by atoms with E-state index in [1.165, 1.54) is 19.3 Å². The van der Waals surface area contributed by atoms with Crippen molar-refractivity contribution in [2.24, 2.45) is 16.3 Å². The average Bonchev–Trinajstić information content (AvgIpc) is 2.86. The first-order valence-corrected chi connectivity index (χ1v) is 5.40. The fourth-order valence-electron chi connectivity index (χ4n) is 1.88. The molecule has 0 bridgehead atoms. The summed E-state index contributed by atoms with van der Waals surface area (Å²) in [6.45, 7) is 6.71. The Kier molecular flexibility index (Phi) is 2.39. The minimum Gasteiger partial charge on any atom is -0.341 e. The zero-order valence-electron chi connectivity index (χ0n) is 9.08. The first kappa shape index (κ1) is 9.77. The molecule has 0 aromatic carbocycles. The molecule has 1 aliphatic heterocycles. The second-order valence-corrected chi connectivity index (χ2v) is 5.16. The summed E-state index contributed by atoms with van der Waals surface area (Å²) in [5.41, 5.74) is 3.13. The van der Waals surface area contributed by atoms with Gasteiger partial charge in [-0.25, -0.2) is 10.8 Å². The lowest BCUT2D eigenvalue weighted by atomic mass is 9.93. The van der Waals surface area contributed by atoms with Gasteiger partial charge in [0.2, 0.25) is 5.96 Å². The van der Waals surface area contributed by atoms with Crippen LogP contribution in [-0.2, 0) is 0 Å². The Morgan fingerprint density at radius 3 is 2.64 bits per heavy atom. The maximum absolute atomic E-state index is 5.49. The van der Waals surface area contributed by atoms with E-state index in [-0.39, 0.29) is 0 Å². The van der Waals surface area contributed by atoms with Crippen LogP contribution in [0.25, 0.3) is 0 Å². The molecule has 3 N–H and O–H groups in total. The number of hydrogen-bond donors (Lipinski definition) is 2. The topological polar surface area (TPSA) is 53.6 Å². The van der Waals surface area contributed by atoms with Gasteiger partial charge in [-0.15, -0.1) is 0 Å².